The van der Waals surface area contributed by atoms with Gasteiger partial charge in [-0.1, -0.05) is 17.7 Å². The van der Waals surface area contributed by atoms with E-state index in [9.17, 15) is 0 Å². The van der Waals surface area contributed by atoms with Gasteiger partial charge in [-0.05, 0) is 24.1 Å². The van der Waals surface area contributed by atoms with Crippen LogP contribution in [0.15, 0.2) is 36.1 Å². The van der Waals surface area contributed by atoms with E-state index in [2.05, 4.69) is 4.98 Å². The topological polar surface area (TPSA) is 12.9 Å². The average molecular weight is 154 g/mol. The Hall–Kier alpha value is -0.820. The van der Waals surface area contributed by atoms with Crippen molar-refractivity contribution in [2.75, 3.05) is 0 Å². The summed E-state index contributed by atoms with van der Waals surface area (Å²) in [5.41, 5.74) is 2.76. The van der Waals surface area contributed by atoms with E-state index >= 15 is 0 Å². The third-order valence-corrected chi connectivity index (χ3v) is 1.37. The lowest BCUT2D eigenvalue weighted by molar-refractivity contribution is 1.21. The van der Waals surface area contributed by atoms with E-state index in [0.717, 1.165) is 6.42 Å². The van der Waals surface area contributed by atoms with Gasteiger partial charge < -0.3 is 0 Å². The molecule has 0 fully saturated rings. The maximum absolute atomic E-state index is 5.36. The van der Waals surface area contributed by atoms with E-state index in [4.69, 9.17) is 11.6 Å². The smallest absolute Gasteiger partial charge is 0.0270 e. The lowest BCUT2D eigenvalue weighted by Crippen LogP contribution is -1.79. The Balaban J connectivity index is 2.59. The van der Waals surface area contributed by atoms with Crippen LogP contribution < -0.4 is 0 Å². The molecule has 0 aliphatic carbocycles. The van der Waals surface area contributed by atoms with Crippen LogP contribution in [0.4, 0.5) is 0 Å². The highest BCUT2D eigenvalue weighted by Crippen LogP contribution is 1.98. The van der Waals surface area contributed by atoms with Gasteiger partial charge in [-0.25, -0.2) is 0 Å². The number of aromatic nitrogens is 1. The van der Waals surface area contributed by atoms with Crippen LogP contribution in [-0.2, 0) is 6.42 Å². The minimum atomic E-state index is 0.881. The Morgan fingerprint density at radius 3 is 2.70 bits per heavy atom. The maximum atomic E-state index is 5.36. The van der Waals surface area contributed by atoms with Gasteiger partial charge in [0.25, 0.3) is 0 Å². The molecule has 0 amide bonds. The molecule has 0 aliphatic heterocycles. The molecular weight excluding hydrogens is 146 g/mol. The molecule has 0 aliphatic rings. The van der Waals surface area contributed by atoms with Crippen molar-refractivity contribution in [1.82, 2.24) is 4.98 Å². The molecule has 0 spiro atoms. The Bertz CT molecular complexity index is 206. The molecule has 2 heteroatoms. The predicted molar refractivity (Wildman–Crippen MR) is 42.9 cm³/mol. The summed E-state index contributed by atoms with van der Waals surface area (Å²) in [6.45, 7) is 0. The second-order valence-corrected chi connectivity index (χ2v) is 2.17. The molecule has 0 N–H and O–H groups in total. The van der Waals surface area contributed by atoms with E-state index in [-0.39, 0.29) is 0 Å². The molecule has 1 nitrogen and oxygen atoms in total. The fraction of sp³-hybridized carbons (Fsp3) is 0.125. The summed E-state index contributed by atoms with van der Waals surface area (Å²) in [6.07, 6.45) is 6.33. The van der Waals surface area contributed by atoms with E-state index in [1.165, 1.54) is 11.1 Å². The maximum Gasteiger partial charge on any atom is 0.0270 e. The van der Waals surface area contributed by atoms with Gasteiger partial charge in [0.15, 0.2) is 0 Å². The summed E-state index contributed by atoms with van der Waals surface area (Å²) in [7, 11) is 0. The van der Waals surface area contributed by atoms with Crippen LogP contribution >= 0.6 is 11.6 Å². The molecule has 10 heavy (non-hydrogen) atoms. The van der Waals surface area contributed by atoms with Gasteiger partial charge in [0, 0.05) is 17.9 Å². The van der Waals surface area contributed by atoms with Gasteiger partial charge in [0.05, 0.1) is 0 Å². The van der Waals surface area contributed by atoms with Crippen LogP contribution in [0.25, 0.3) is 0 Å². The summed E-state index contributed by atoms with van der Waals surface area (Å²) >= 11 is 5.36. The lowest BCUT2D eigenvalue weighted by atomic mass is 10.2. The summed E-state index contributed by atoms with van der Waals surface area (Å²) in [6, 6.07) is 3.94. The zero-order valence-electron chi connectivity index (χ0n) is 5.50. The molecular formula is C8H8ClN. The molecule has 52 valence electrons. The standard InChI is InChI=1S/C8H8ClN/c9-5-1-2-8-3-6-10-7-4-8/h1,3-7H,2H2/b5-1+. The number of pyridine rings is 1. The fourth-order valence-electron chi connectivity index (χ4n) is 0.699. The van der Waals surface area contributed by atoms with Crippen molar-refractivity contribution in [2.24, 2.45) is 0 Å². The highest BCUT2D eigenvalue weighted by molar-refractivity contribution is 6.25. The Kier molecular flexibility index (Phi) is 2.97. The van der Waals surface area contributed by atoms with Gasteiger partial charge in [-0.3, -0.25) is 4.98 Å². The van der Waals surface area contributed by atoms with Gasteiger partial charge in [0.1, 0.15) is 0 Å². The highest BCUT2D eigenvalue weighted by Gasteiger charge is 1.84. The largest absolute Gasteiger partial charge is 0.265 e. The van der Waals surface area contributed by atoms with Gasteiger partial charge in [-0.15, -0.1) is 0 Å². The number of hydrogen-bond acceptors (Lipinski definition) is 1. The second-order valence-electron chi connectivity index (χ2n) is 1.92. The van der Waals surface area contributed by atoms with Crippen molar-refractivity contribution in [3.8, 4) is 0 Å². The fourth-order valence-corrected chi connectivity index (χ4v) is 0.789. The lowest BCUT2D eigenvalue weighted by Gasteiger charge is -1.91. The number of nitrogens with zero attached hydrogens (tertiary/aromatic N) is 1. The number of halogens is 1. The van der Waals surface area contributed by atoms with Crippen molar-refractivity contribution < 1.29 is 0 Å². The molecule has 1 aromatic heterocycles. The minimum absolute atomic E-state index is 0.881. The third kappa shape index (κ3) is 2.19. The first kappa shape index (κ1) is 7.29. The summed E-state index contributed by atoms with van der Waals surface area (Å²) in [5, 5.41) is 0. The molecule has 0 saturated heterocycles. The van der Waals surface area contributed by atoms with Gasteiger partial charge >= 0.3 is 0 Å². The first-order valence-electron chi connectivity index (χ1n) is 3.07. The van der Waals surface area contributed by atoms with E-state index in [0.29, 0.717) is 0 Å². The molecule has 1 rings (SSSR count). The SMILES string of the molecule is Cl/C=C/Cc1ccncc1. The average Bonchev–Trinajstić information content (AvgIpc) is 2.03. The van der Waals surface area contributed by atoms with Crippen molar-refractivity contribution in [1.29, 1.82) is 0 Å². The zero-order chi connectivity index (χ0) is 7.23. The molecule has 0 saturated carbocycles. The Morgan fingerprint density at radius 2 is 2.10 bits per heavy atom. The van der Waals surface area contributed by atoms with E-state index in [1.54, 1.807) is 12.4 Å². The summed E-state index contributed by atoms with van der Waals surface area (Å²) < 4.78 is 0. The van der Waals surface area contributed by atoms with Crippen molar-refractivity contribution in [3.05, 3.63) is 41.7 Å². The first-order valence-corrected chi connectivity index (χ1v) is 3.51. The number of allylic oxidation sites excluding steroid dienone is 1. The highest BCUT2D eigenvalue weighted by atomic mass is 35.5. The van der Waals surface area contributed by atoms with Crippen LogP contribution in [0.3, 0.4) is 0 Å². The van der Waals surface area contributed by atoms with Gasteiger partial charge in [0.2, 0.25) is 0 Å². The number of rotatable bonds is 2. The second kappa shape index (κ2) is 4.07. The monoisotopic (exact) mass is 153 g/mol. The van der Waals surface area contributed by atoms with E-state index in [1.807, 2.05) is 18.2 Å². The van der Waals surface area contributed by atoms with Crippen LogP contribution in [0, 0.1) is 0 Å². The Morgan fingerprint density at radius 1 is 1.40 bits per heavy atom. The van der Waals surface area contributed by atoms with E-state index < -0.39 is 0 Å². The molecule has 0 bridgehead atoms. The summed E-state index contributed by atoms with van der Waals surface area (Å²) in [4.78, 5) is 3.90. The van der Waals surface area contributed by atoms with Crippen molar-refractivity contribution >= 4 is 11.6 Å². The molecule has 1 heterocycles. The molecule has 0 radical (unpaired) electrons. The molecule has 0 atom stereocenters. The van der Waals surface area contributed by atoms with Crippen LogP contribution in [0.5, 0.6) is 0 Å². The molecule has 0 aromatic carbocycles. The molecule has 1 aromatic rings. The zero-order valence-corrected chi connectivity index (χ0v) is 6.25. The predicted octanol–water partition coefficient (Wildman–Crippen LogP) is 2.38. The van der Waals surface area contributed by atoms with Crippen LogP contribution in [-0.4, -0.2) is 4.98 Å². The molecule has 0 unspecified atom stereocenters. The normalized spacial score (nSPS) is 10.5. The van der Waals surface area contributed by atoms with Crippen molar-refractivity contribution in [3.63, 3.8) is 0 Å². The third-order valence-electron chi connectivity index (χ3n) is 1.19. The van der Waals surface area contributed by atoms with Gasteiger partial charge in [-0.2, -0.15) is 0 Å². The minimum Gasteiger partial charge on any atom is -0.265 e. The quantitative estimate of drug-likeness (QED) is 0.636. The van der Waals surface area contributed by atoms with Crippen molar-refractivity contribution in [2.45, 2.75) is 6.42 Å². The van der Waals surface area contributed by atoms with Crippen LogP contribution in [0.1, 0.15) is 5.56 Å². The number of hydrogen-bond donors (Lipinski definition) is 0. The Labute approximate surface area is 65.4 Å². The van der Waals surface area contributed by atoms with Crippen LogP contribution in [0.2, 0.25) is 0 Å². The summed E-state index contributed by atoms with van der Waals surface area (Å²) in [5.74, 6) is 0. The first-order chi connectivity index (χ1) is 4.93.